The van der Waals surface area contributed by atoms with Gasteiger partial charge in [-0.3, -0.25) is 0 Å². The van der Waals surface area contributed by atoms with Crippen LogP contribution < -0.4 is 4.74 Å². The van der Waals surface area contributed by atoms with Crippen molar-refractivity contribution in [1.82, 2.24) is 5.16 Å². The molecule has 1 heterocycles. The molecule has 0 fully saturated rings. The first-order chi connectivity index (χ1) is 8.52. The summed E-state index contributed by atoms with van der Waals surface area (Å²) in [7, 11) is 1.38. The van der Waals surface area contributed by atoms with E-state index in [2.05, 4.69) is 5.16 Å². The van der Waals surface area contributed by atoms with E-state index in [1.54, 1.807) is 0 Å². The smallest absolute Gasteiger partial charge is 0.358 e. The highest BCUT2D eigenvalue weighted by Crippen LogP contribution is 2.37. The number of benzene rings is 1. The summed E-state index contributed by atoms with van der Waals surface area (Å²) < 4.78 is 9.81. The molecule has 7 heteroatoms. The minimum absolute atomic E-state index is 0.121. The zero-order chi connectivity index (χ0) is 13.3. The van der Waals surface area contributed by atoms with Crippen LogP contribution in [0.3, 0.4) is 0 Å². The maximum Gasteiger partial charge on any atom is 0.358 e. The molecule has 18 heavy (non-hydrogen) atoms. The number of hydrogen-bond acceptors (Lipinski definition) is 5. The van der Waals surface area contributed by atoms with Crippen LogP contribution in [0.4, 0.5) is 0 Å². The van der Waals surface area contributed by atoms with Crippen LogP contribution in [0, 0.1) is 0 Å². The van der Waals surface area contributed by atoms with Gasteiger partial charge in [-0.15, -0.1) is 0 Å². The van der Waals surface area contributed by atoms with Gasteiger partial charge < -0.3 is 19.5 Å². The molecular formula is C11H8ClNO5. The number of carbonyl (C=O) groups is 1. The van der Waals surface area contributed by atoms with Crippen LogP contribution in [0.2, 0.25) is 5.02 Å². The van der Waals surface area contributed by atoms with Crippen molar-refractivity contribution >= 4 is 17.6 Å². The molecule has 2 rings (SSSR count). The van der Waals surface area contributed by atoms with Gasteiger partial charge in [-0.05, 0) is 6.07 Å². The van der Waals surface area contributed by atoms with Crippen LogP contribution in [0.25, 0.3) is 11.3 Å². The quantitative estimate of drug-likeness (QED) is 0.889. The number of aromatic hydroxyl groups is 1. The molecule has 94 valence electrons. The summed E-state index contributed by atoms with van der Waals surface area (Å²) in [6.07, 6.45) is 0. The number of phenols is 1. The fourth-order valence-electron chi connectivity index (χ4n) is 1.40. The van der Waals surface area contributed by atoms with Gasteiger partial charge in [-0.1, -0.05) is 16.8 Å². The summed E-state index contributed by atoms with van der Waals surface area (Å²) in [5.41, 5.74) is 0.152. The van der Waals surface area contributed by atoms with Gasteiger partial charge in [-0.25, -0.2) is 4.79 Å². The van der Waals surface area contributed by atoms with Gasteiger partial charge in [0.25, 0.3) is 0 Å². The number of carboxylic acid groups (broad SMARTS) is 1. The lowest BCUT2D eigenvalue weighted by Gasteiger charge is -2.06. The highest BCUT2D eigenvalue weighted by Gasteiger charge is 2.17. The Morgan fingerprint density at radius 1 is 1.44 bits per heavy atom. The third kappa shape index (κ3) is 2.10. The second-order valence-corrected chi connectivity index (χ2v) is 3.79. The van der Waals surface area contributed by atoms with Gasteiger partial charge in [0.1, 0.15) is 0 Å². The summed E-state index contributed by atoms with van der Waals surface area (Å²) in [5, 5.41) is 21.8. The molecule has 0 aliphatic heterocycles. The molecule has 1 aromatic heterocycles. The molecule has 0 unspecified atom stereocenters. The van der Waals surface area contributed by atoms with Crippen LogP contribution in [-0.2, 0) is 0 Å². The lowest BCUT2D eigenvalue weighted by molar-refractivity contribution is 0.0686. The number of methoxy groups -OCH3 is 1. The van der Waals surface area contributed by atoms with E-state index in [0.29, 0.717) is 5.56 Å². The number of nitrogens with zero attached hydrogens (tertiary/aromatic N) is 1. The highest BCUT2D eigenvalue weighted by molar-refractivity contribution is 6.33. The van der Waals surface area contributed by atoms with E-state index in [1.807, 2.05) is 0 Å². The molecule has 0 spiro atoms. The molecule has 0 radical (unpaired) electrons. The van der Waals surface area contributed by atoms with E-state index in [4.69, 9.17) is 26.0 Å². The van der Waals surface area contributed by atoms with E-state index < -0.39 is 5.97 Å². The molecule has 0 bridgehead atoms. The Kier molecular flexibility index (Phi) is 3.12. The second kappa shape index (κ2) is 4.58. The van der Waals surface area contributed by atoms with Crippen LogP contribution in [0.15, 0.2) is 22.7 Å². The van der Waals surface area contributed by atoms with E-state index >= 15 is 0 Å². The molecule has 2 N–H and O–H groups in total. The Morgan fingerprint density at radius 2 is 2.17 bits per heavy atom. The summed E-state index contributed by atoms with van der Waals surface area (Å²) in [6, 6.07) is 3.95. The van der Waals surface area contributed by atoms with Gasteiger partial charge in [-0.2, -0.15) is 0 Å². The number of phenolic OH excluding ortho intramolecular Hbond substituents is 1. The Labute approximate surface area is 106 Å². The first kappa shape index (κ1) is 12.3. The molecule has 0 saturated carbocycles. The van der Waals surface area contributed by atoms with Gasteiger partial charge >= 0.3 is 5.97 Å². The zero-order valence-electron chi connectivity index (χ0n) is 9.18. The molecule has 0 amide bonds. The van der Waals surface area contributed by atoms with Crippen molar-refractivity contribution in [3.63, 3.8) is 0 Å². The predicted octanol–water partition coefficient (Wildman–Crippen LogP) is 2.41. The predicted molar refractivity (Wildman–Crippen MR) is 62.1 cm³/mol. The van der Waals surface area contributed by atoms with Crippen LogP contribution in [0.5, 0.6) is 11.5 Å². The Hall–Kier alpha value is -2.21. The van der Waals surface area contributed by atoms with Crippen molar-refractivity contribution in [1.29, 1.82) is 0 Å². The average molecular weight is 270 g/mol. The number of ether oxygens (including phenoxy) is 1. The minimum Gasteiger partial charge on any atom is -0.504 e. The fraction of sp³-hybridized carbons (Fsp3) is 0.0909. The third-order valence-electron chi connectivity index (χ3n) is 2.26. The number of aromatic nitrogens is 1. The van der Waals surface area contributed by atoms with Crippen LogP contribution >= 0.6 is 11.6 Å². The molecule has 2 aromatic rings. The Morgan fingerprint density at radius 3 is 2.72 bits per heavy atom. The van der Waals surface area contributed by atoms with Crippen molar-refractivity contribution < 1.29 is 24.3 Å². The maximum absolute atomic E-state index is 10.7. The summed E-state index contributed by atoms with van der Waals surface area (Å²) in [5.74, 6) is -0.950. The molecule has 6 nitrogen and oxygen atoms in total. The standard InChI is InChI=1S/C11H8ClNO5/c1-17-10-2-5(6(12)3-8(10)14)9-4-7(11(15)16)13-18-9/h2-4,14H,1H3,(H,15,16). The molecule has 0 aliphatic rings. The average Bonchev–Trinajstić information content (AvgIpc) is 2.78. The van der Waals surface area contributed by atoms with Crippen LogP contribution in [-0.4, -0.2) is 28.4 Å². The van der Waals surface area contributed by atoms with Gasteiger partial charge in [0.15, 0.2) is 23.0 Å². The van der Waals surface area contributed by atoms with Crippen molar-refractivity contribution in [3.8, 4) is 22.8 Å². The zero-order valence-corrected chi connectivity index (χ0v) is 9.93. The molecule has 0 aliphatic carbocycles. The van der Waals surface area contributed by atoms with Crippen molar-refractivity contribution in [3.05, 3.63) is 28.9 Å². The Balaban J connectivity index is 2.52. The minimum atomic E-state index is -1.20. The first-order valence-corrected chi connectivity index (χ1v) is 5.17. The lowest BCUT2D eigenvalue weighted by Crippen LogP contribution is -1.94. The summed E-state index contributed by atoms with van der Waals surface area (Å²) in [4.78, 5) is 10.7. The topological polar surface area (TPSA) is 92.8 Å². The van der Waals surface area contributed by atoms with E-state index in [9.17, 15) is 9.90 Å². The monoisotopic (exact) mass is 269 g/mol. The van der Waals surface area contributed by atoms with Gasteiger partial charge in [0.2, 0.25) is 0 Å². The molecule has 1 aromatic carbocycles. The third-order valence-corrected chi connectivity index (χ3v) is 2.58. The number of hydrogen-bond donors (Lipinski definition) is 2. The number of halogens is 1. The van der Waals surface area contributed by atoms with Crippen molar-refractivity contribution in [2.45, 2.75) is 0 Å². The lowest BCUT2D eigenvalue weighted by atomic mass is 10.1. The van der Waals surface area contributed by atoms with E-state index in [1.165, 1.54) is 25.3 Å². The second-order valence-electron chi connectivity index (χ2n) is 3.39. The van der Waals surface area contributed by atoms with Gasteiger partial charge in [0, 0.05) is 17.7 Å². The molecule has 0 saturated heterocycles. The fourth-order valence-corrected chi connectivity index (χ4v) is 1.65. The first-order valence-electron chi connectivity index (χ1n) is 4.80. The highest BCUT2D eigenvalue weighted by atomic mass is 35.5. The summed E-state index contributed by atoms with van der Waals surface area (Å²) >= 11 is 5.93. The van der Waals surface area contributed by atoms with Crippen molar-refractivity contribution in [2.24, 2.45) is 0 Å². The number of aromatic carboxylic acids is 1. The van der Waals surface area contributed by atoms with E-state index in [0.717, 1.165) is 0 Å². The van der Waals surface area contributed by atoms with Crippen LogP contribution in [0.1, 0.15) is 10.5 Å². The van der Waals surface area contributed by atoms with Crippen molar-refractivity contribution in [2.75, 3.05) is 7.11 Å². The number of carboxylic acids is 1. The normalized spacial score (nSPS) is 10.3. The SMILES string of the molecule is COc1cc(-c2cc(C(=O)O)no2)c(Cl)cc1O. The number of rotatable bonds is 3. The molecular weight excluding hydrogens is 262 g/mol. The maximum atomic E-state index is 10.7. The van der Waals surface area contributed by atoms with E-state index in [-0.39, 0.29) is 28.0 Å². The summed E-state index contributed by atoms with van der Waals surface area (Å²) in [6.45, 7) is 0. The van der Waals surface area contributed by atoms with Gasteiger partial charge in [0.05, 0.1) is 12.1 Å². The Bertz CT molecular complexity index is 607. The molecule has 0 atom stereocenters. The largest absolute Gasteiger partial charge is 0.504 e.